The summed E-state index contributed by atoms with van der Waals surface area (Å²) in [5.41, 5.74) is 0. The van der Waals surface area contributed by atoms with E-state index in [0.717, 1.165) is 12.6 Å². The molecule has 1 unspecified atom stereocenters. The van der Waals surface area contributed by atoms with E-state index < -0.39 is 18.2 Å². The van der Waals surface area contributed by atoms with E-state index in [1.807, 2.05) is 20.0 Å². The number of hydrogen-bond donors (Lipinski definition) is 1. The van der Waals surface area contributed by atoms with Gasteiger partial charge in [-0.25, -0.2) is 0 Å². The van der Waals surface area contributed by atoms with Crippen molar-refractivity contribution in [3.63, 3.8) is 0 Å². The predicted molar refractivity (Wildman–Crippen MR) is 74.8 cm³/mol. The standard InChI is InChI=1S/C11H27O3PS/c1-5-6-7-8-9-10-11-15(2,3,4)14-16(12)13/h5-11H2,1-4H3,(H,12,13). The van der Waals surface area contributed by atoms with Gasteiger partial charge in [-0.3, -0.25) is 0 Å². The molecular formula is C11H27O3PS. The maximum atomic E-state index is 10.7. The quantitative estimate of drug-likeness (QED) is 0.393. The Morgan fingerprint density at radius 1 is 1.06 bits per heavy atom. The summed E-state index contributed by atoms with van der Waals surface area (Å²) in [5, 5.41) is 0. The number of rotatable bonds is 9. The van der Waals surface area contributed by atoms with Gasteiger partial charge < -0.3 is 0 Å². The second kappa shape index (κ2) is 7.05. The van der Waals surface area contributed by atoms with Crippen LogP contribution >= 0.6 is 6.83 Å². The first-order valence-electron chi connectivity index (χ1n) is 6.06. The molecule has 0 aromatic heterocycles. The summed E-state index contributed by atoms with van der Waals surface area (Å²) in [7, 11) is 0. The van der Waals surface area contributed by atoms with Gasteiger partial charge in [-0.05, 0) is 0 Å². The van der Waals surface area contributed by atoms with Gasteiger partial charge in [-0.2, -0.15) is 0 Å². The molecule has 0 radical (unpaired) electrons. The van der Waals surface area contributed by atoms with Crippen molar-refractivity contribution in [1.82, 2.24) is 0 Å². The second-order valence-electron chi connectivity index (χ2n) is 5.75. The maximum absolute atomic E-state index is 10.7. The first-order chi connectivity index (χ1) is 7.24. The molecule has 0 spiro atoms. The van der Waals surface area contributed by atoms with Crippen LogP contribution in [-0.2, 0) is 15.3 Å². The Hall–Kier alpha value is 0.500. The molecule has 0 amide bonds. The third-order valence-corrected chi connectivity index (χ3v) is 7.17. The van der Waals surface area contributed by atoms with Gasteiger partial charge in [0.25, 0.3) is 0 Å². The van der Waals surface area contributed by atoms with Crippen molar-refractivity contribution in [2.24, 2.45) is 0 Å². The SMILES string of the molecule is CCCCCCCCP(C)(C)(C)OS(=O)O. The summed E-state index contributed by atoms with van der Waals surface area (Å²) < 4.78 is 24.7. The molecule has 1 N–H and O–H groups in total. The van der Waals surface area contributed by atoms with Crippen LogP contribution in [0, 0.1) is 0 Å². The first kappa shape index (κ1) is 16.5. The van der Waals surface area contributed by atoms with Gasteiger partial charge in [0.05, 0.1) is 0 Å². The monoisotopic (exact) mass is 270 g/mol. The molecule has 0 aliphatic rings. The molecule has 0 aromatic rings. The molecule has 0 aliphatic heterocycles. The van der Waals surface area contributed by atoms with Gasteiger partial charge in [0.2, 0.25) is 0 Å². The zero-order chi connectivity index (χ0) is 12.7. The third kappa shape index (κ3) is 9.71. The first-order valence-corrected chi connectivity index (χ1v) is 10.8. The summed E-state index contributed by atoms with van der Waals surface area (Å²) in [4.78, 5) is 0. The van der Waals surface area contributed by atoms with Crippen LogP contribution in [0.3, 0.4) is 0 Å². The Balaban J connectivity index is 3.76. The molecule has 0 aliphatic carbocycles. The molecule has 0 fully saturated rings. The van der Waals surface area contributed by atoms with Crippen LogP contribution in [0.2, 0.25) is 0 Å². The molecule has 5 heteroatoms. The summed E-state index contributed by atoms with van der Waals surface area (Å²) in [5.74, 6) is 0. The molecule has 0 saturated carbocycles. The van der Waals surface area contributed by atoms with E-state index in [1.54, 1.807) is 0 Å². The Bertz CT molecular complexity index is 223. The van der Waals surface area contributed by atoms with Crippen molar-refractivity contribution in [3.05, 3.63) is 0 Å². The molecule has 1 atom stereocenters. The van der Waals surface area contributed by atoms with Crippen molar-refractivity contribution < 1.29 is 12.7 Å². The molecular weight excluding hydrogens is 243 g/mol. The van der Waals surface area contributed by atoms with E-state index in [1.165, 1.54) is 32.1 Å². The van der Waals surface area contributed by atoms with Gasteiger partial charge in [-0.1, -0.05) is 0 Å². The fourth-order valence-corrected chi connectivity index (χ4v) is 5.20. The average Bonchev–Trinajstić information content (AvgIpc) is 2.07. The van der Waals surface area contributed by atoms with Crippen LogP contribution in [0.1, 0.15) is 45.4 Å². The van der Waals surface area contributed by atoms with Crippen molar-refractivity contribution in [1.29, 1.82) is 0 Å². The van der Waals surface area contributed by atoms with Crippen molar-refractivity contribution >= 4 is 18.2 Å². The molecule has 0 rings (SSSR count). The van der Waals surface area contributed by atoms with Gasteiger partial charge in [0.15, 0.2) is 0 Å². The Kier molecular flexibility index (Phi) is 7.27. The van der Waals surface area contributed by atoms with Crippen LogP contribution in [-0.4, -0.2) is 34.9 Å². The number of unbranched alkanes of at least 4 members (excludes halogenated alkanes) is 5. The van der Waals surface area contributed by atoms with Crippen LogP contribution in [0.4, 0.5) is 0 Å². The Morgan fingerprint density at radius 2 is 1.56 bits per heavy atom. The van der Waals surface area contributed by atoms with Crippen molar-refractivity contribution in [2.75, 3.05) is 26.2 Å². The van der Waals surface area contributed by atoms with Crippen molar-refractivity contribution in [3.8, 4) is 0 Å². The van der Waals surface area contributed by atoms with E-state index in [-0.39, 0.29) is 0 Å². The van der Waals surface area contributed by atoms with Crippen LogP contribution in [0.25, 0.3) is 0 Å². The topological polar surface area (TPSA) is 46.5 Å². The summed E-state index contributed by atoms with van der Waals surface area (Å²) in [6.07, 6.45) is 8.38. The van der Waals surface area contributed by atoms with Crippen LogP contribution in [0.5, 0.6) is 0 Å². The van der Waals surface area contributed by atoms with E-state index in [2.05, 4.69) is 6.92 Å². The minimum absolute atomic E-state index is 0.935. The third-order valence-electron chi connectivity index (χ3n) is 2.61. The summed E-state index contributed by atoms with van der Waals surface area (Å²) in [6.45, 7) is 5.88. The Labute approximate surface area is 103 Å². The molecule has 0 heterocycles. The number of hydrogen-bond acceptors (Lipinski definition) is 2. The van der Waals surface area contributed by atoms with E-state index in [9.17, 15) is 4.21 Å². The second-order valence-corrected chi connectivity index (χ2v) is 13.2. The predicted octanol–water partition coefficient (Wildman–Crippen LogP) is 3.86. The molecule has 16 heavy (non-hydrogen) atoms. The molecule has 0 bridgehead atoms. The molecule has 100 valence electrons. The van der Waals surface area contributed by atoms with E-state index in [0.29, 0.717) is 0 Å². The van der Waals surface area contributed by atoms with Gasteiger partial charge in [0.1, 0.15) is 0 Å². The van der Waals surface area contributed by atoms with Crippen molar-refractivity contribution in [2.45, 2.75) is 45.4 Å². The molecule has 3 nitrogen and oxygen atoms in total. The van der Waals surface area contributed by atoms with E-state index in [4.69, 9.17) is 8.52 Å². The normalized spacial score (nSPS) is 16.7. The fraction of sp³-hybridized carbons (Fsp3) is 1.00. The molecule has 0 saturated heterocycles. The summed E-state index contributed by atoms with van der Waals surface area (Å²) >= 11 is -2.13. The van der Waals surface area contributed by atoms with Gasteiger partial charge >= 0.3 is 103 Å². The molecule has 0 aromatic carbocycles. The van der Waals surface area contributed by atoms with Gasteiger partial charge in [0, 0.05) is 0 Å². The van der Waals surface area contributed by atoms with E-state index >= 15 is 0 Å². The van der Waals surface area contributed by atoms with Crippen LogP contribution < -0.4 is 0 Å². The zero-order valence-corrected chi connectivity index (χ0v) is 12.8. The summed E-state index contributed by atoms with van der Waals surface area (Å²) in [6, 6.07) is 0. The van der Waals surface area contributed by atoms with Gasteiger partial charge in [-0.15, -0.1) is 0 Å². The average molecular weight is 270 g/mol. The zero-order valence-electron chi connectivity index (χ0n) is 11.1. The fourth-order valence-electron chi connectivity index (χ4n) is 1.70. The minimum atomic E-state index is -2.35. The van der Waals surface area contributed by atoms with Crippen LogP contribution in [0.15, 0.2) is 0 Å². The Morgan fingerprint density at radius 3 is 2.06 bits per heavy atom.